The van der Waals surface area contributed by atoms with Crippen molar-refractivity contribution < 1.29 is 32.7 Å². The maximum absolute atomic E-state index is 12.1. The second-order valence-electron chi connectivity index (χ2n) is 12.1. The summed E-state index contributed by atoms with van der Waals surface area (Å²) in [5.41, 5.74) is 5.01. The van der Waals surface area contributed by atoms with E-state index >= 15 is 0 Å². The number of methoxy groups -OCH3 is 1. The van der Waals surface area contributed by atoms with Crippen molar-refractivity contribution in [1.29, 1.82) is 5.26 Å². The van der Waals surface area contributed by atoms with Crippen LogP contribution in [0.15, 0.2) is 33.3 Å². The van der Waals surface area contributed by atoms with Crippen LogP contribution in [0.3, 0.4) is 0 Å². The Balaban J connectivity index is 0.000000676. The lowest BCUT2D eigenvalue weighted by Crippen LogP contribution is -2.33. The molecule has 1 amide bonds. The molecule has 3 aromatic rings. The summed E-state index contributed by atoms with van der Waals surface area (Å²) in [4.78, 5) is 42.1. The highest BCUT2D eigenvalue weighted by molar-refractivity contribution is 5.87. The number of oxazole rings is 2. The Labute approximate surface area is 257 Å². The first-order chi connectivity index (χ1) is 20.8. The van der Waals surface area contributed by atoms with Crippen molar-refractivity contribution >= 4 is 18.2 Å². The molecule has 236 valence electrons. The predicted molar refractivity (Wildman–Crippen MR) is 161 cm³/mol. The molecule has 0 saturated heterocycles. The van der Waals surface area contributed by atoms with Gasteiger partial charge in [0.15, 0.2) is 17.1 Å². The molecule has 0 radical (unpaired) electrons. The smallest absolute Gasteiger partial charge is 0.360 e. The highest BCUT2D eigenvalue weighted by Gasteiger charge is 2.47. The number of benzene rings is 1. The van der Waals surface area contributed by atoms with Crippen LogP contribution in [0.5, 0.6) is 5.75 Å². The molecule has 1 aliphatic rings. The van der Waals surface area contributed by atoms with Gasteiger partial charge in [-0.25, -0.2) is 14.8 Å². The lowest BCUT2D eigenvalue weighted by atomic mass is 9.74. The summed E-state index contributed by atoms with van der Waals surface area (Å²) in [6, 6.07) is 7.74. The van der Waals surface area contributed by atoms with Crippen molar-refractivity contribution in [3.63, 3.8) is 0 Å². The SMILES string of the molecule is CC(C)CC(N)=O.CNC(c1nc(-c2nc(C(=O)OC)co2)c(C2(C#N)CCOc3ccc(CCC=O)cc32)o1)C(C)(C)C. The molecule has 3 N–H and O–H groups in total. The van der Waals surface area contributed by atoms with Gasteiger partial charge in [0, 0.05) is 24.8 Å². The molecule has 1 aromatic carbocycles. The molecule has 44 heavy (non-hydrogen) atoms. The number of rotatable bonds is 10. The van der Waals surface area contributed by atoms with Crippen molar-refractivity contribution in [2.24, 2.45) is 17.1 Å². The molecule has 2 atom stereocenters. The zero-order valence-electron chi connectivity index (χ0n) is 26.4. The van der Waals surface area contributed by atoms with Gasteiger partial charge in [-0.15, -0.1) is 0 Å². The fraction of sp³-hybridized carbons (Fsp3) is 0.500. The highest BCUT2D eigenvalue weighted by atomic mass is 16.5. The highest BCUT2D eigenvalue weighted by Crippen LogP contribution is 2.48. The maximum Gasteiger partial charge on any atom is 0.360 e. The van der Waals surface area contributed by atoms with E-state index in [1.165, 1.54) is 13.4 Å². The molecule has 2 aromatic heterocycles. The lowest BCUT2D eigenvalue weighted by Gasteiger charge is -2.32. The number of carbonyl (C=O) groups is 3. The number of ether oxygens (including phenoxy) is 2. The number of aryl methyl sites for hydroxylation is 1. The summed E-state index contributed by atoms with van der Waals surface area (Å²) in [5.74, 6) is 0.730. The van der Waals surface area contributed by atoms with Gasteiger partial charge >= 0.3 is 5.97 Å². The van der Waals surface area contributed by atoms with Crippen LogP contribution < -0.4 is 15.8 Å². The number of hydrogen-bond donors (Lipinski definition) is 2. The molecular formula is C32H41N5O7. The summed E-state index contributed by atoms with van der Waals surface area (Å²) in [6.45, 7) is 10.3. The van der Waals surface area contributed by atoms with Crippen molar-refractivity contribution in [3.8, 4) is 23.4 Å². The van der Waals surface area contributed by atoms with E-state index < -0.39 is 11.4 Å². The fourth-order valence-electron chi connectivity index (χ4n) is 5.07. The summed E-state index contributed by atoms with van der Waals surface area (Å²) in [6.07, 6.45) is 3.73. The summed E-state index contributed by atoms with van der Waals surface area (Å²) < 4.78 is 22.7. The minimum Gasteiger partial charge on any atom is -0.493 e. The van der Waals surface area contributed by atoms with Gasteiger partial charge in [0.2, 0.25) is 17.7 Å². The number of hydrogen-bond acceptors (Lipinski definition) is 11. The number of nitrogens with one attached hydrogen (secondary N) is 1. The molecule has 0 aliphatic carbocycles. The van der Waals surface area contributed by atoms with Gasteiger partial charge in [-0.2, -0.15) is 5.26 Å². The number of nitriles is 1. The largest absolute Gasteiger partial charge is 0.493 e. The molecule has 1 aliphatic heterocycles. The first-order valence-electron chi connectivity index (χ1n) is 14.4. The minimum atomic E-state index is -1.28. The summed E-state index contributed by atoms with van der Waals surface area (Å²) in [7, 11) is 3.06. The standard InChI is InChI=1S/C27H30N4O6.C5H11NO/c1-26(2,3)21(29-4)24-31-20(23-30-18(14-36-23)25(33)34-5)22(37-24)27(15-28)10-12-35-19-9-8-16(7-6-11-32)13-17(19)27;1-4(2)3-5(6)7/h8-9,11,13-14,21,29H,6-7,10,12H2,1-5H3;4H,3H2,1-2H3,(H2,6,7). The molecule has 0 saturated carbocycles. The van der Waals surface area contributed by atoms with Gasteiger partial charge in [0.25, 0.3) is 0 Å². The van der Waals surface area contributed by atoms with E-state index in [0.717, 1.165) is 11.8 Å². The van der Waals surface area contributed by atoms with Crippen LogP contribution in [0.25, 0.3) is 11.6 Å². The number of aromatic nitrogens is 2. The topological polar surface area (TPSA) is 184 Å². The third-order valence-electron chi connectivity index (χ3n) is 7.12. The first-order valence-corrected chi connectivity index (χ1v) is 14.4. The number of primary amides is 1. The number of aldehydes is 1. The van der Waals surface area contributed by atoms with E-state index in [1.54, 1.807) is 0 Å². The van der Waals surface area contributed by atoms with Gasteiger partial charge in [0.1, 0.15) is 23.7 Å². The molecule has 12 heteroatoms. The summed E-state index contributed by atoms with van der Waals surface area (Å²) >= 11 is 0. The number of amides is 1. The average Bonchev–Trinajstić information content (AvgIpc) is 3.63. The van der Waals surface area contributed by atoms with Gasteiger partial charge in [-0.3, -0.25) is 4.79 Å². The number of nitrogens with two attached hydrogens (primary N) is 1. The molecule has 12 nitrogen and oxygen atoms in total. The van der Waals surface area contributed by atoms with Crippen LogP contribution in [0.2, 0.25) is 0 Å². The van der Waals surface area contributed by atoms with Crippen molar-refractivity contribution in [2.75, 3.05) is 20.8 Å². The molecule has 0 bridgehead atoms. The van der Waals surface area contributed by atoms with Gasteiger partial charge in [-0.05, 0) is 36.4 Å². The van der Waals surface area contributed by atoms with E-state index in [0.29, 0.717) is 48.8 Å². The predicted octanol–water partition coefficient (Wildman–Crippen LogP) is 4.66. The average molecular weight is 608 g/mol. The zero-order chi connectivity index (χ0) is 32.7. The second kappa shape index (κ2) is 14.3. The number of carbonyl (C=O) groups excluding carboxylic acids is 3. The van der Waals surface area contributed by atoms with Crippen molar-refractivity contribution in [3.05, 3.63) is 52.9 Å². The van der Waals surface area contributed by atoms with Crippen molar-refractivity contribution in [2.45, 2.75) is 71.8 Å². The number of nitrogens with zero attached hydrogens (tertiary/aromatic N) is 3. The van der Waals surface area contributed by atoms with Crippen LogP contribution in [0, 0.1) is 22.7 Å². The number of fused-ring (bicyclic) bond motifs is 1. The van der Waals surface area contributed by atoms with Gasteiger partial charge in [-0.1, -0.05) is 46.8 Å². The molecule has 3 heterocycles. The lowest BCUT2D eigenvalue weighted by molar-refractivity contribution is -0.118. The van der Waals surface area contributed by atoms with Crippen molar-refractivity contribution in [1.82, 2.24) is 15.3 Å². The van der Waals surface area contributed by atoms with Crippen LogP contribution in [0.1, 0.15) is 93.2 Å². The van der Waals surface area contributed by atoms with Crippen LogP contribution in [-0.2, 0) is 26.2 Å². The molecule has 0 fully saturated rings. The first kappa shape index (κ1) is 34.0. The quantitative estimate of drug-likeness (QED) is 0.241. The second-order valence-corrected chi connectivity index (χ2v) is 12.1. The Kier molecular flexibility index (Phi) is 11.1. The Morgan fingerprint density at radius 1 is 1.27 bits per heavy atom. The van der Waals surface area contributed by atoms with Gasteiger partial charge in [0.05, 0.1) is 25.8 Å². The fourth-order valence-corrected chi connectivity index (χ4v) is 5.07. The minimum absolute atomic E-state index is 0.0245. The Hall–Kier alpha value is -4.50. The van der Waals surface area contributed by atoms with Crippen LogP contribution >= 0.6 is 0 Å². The van der Waals surface area contributed by atoms with E-state index in [9.17, 15) is 19.6 Å². The molecular weight excluding hydrogens is 566 g/mol. The maximum atomic E-state index is 12.1. The molecule has 4 rings (SSSR count). The third kappa shape index (κ3) is 7.52. The van der Waals surface area contributed by atoms with Crippen LogP contribution in [0.4, 0.5) is 0 Å². The Bertz CT molecular complexity index is 1510. The van der Waals surface area contributed by atoms with E-state index in [1.807, 2.05) is 59.9 Å². The Morgan fingerprint density at radius 2 is 2.00 bits per heavy atom. The molecule has 0 spiro atoms. The van der Waals surface area contributed by atoms with Crippen LogP contribution in [-0.4, -0.2) is 48.9 Å². The van der Waals surface area contributed by atoms with E-state index in [4.69, 9.17) is 29.0 Å². The van der Waals surface area contributed by atoms with Gasteiger partial charge < -0.3 is 34.2 Å². The summed E-state index contributed by atoms with van der Waals surface area (Å²) in [5, 5.41) is 13.9. The number of esters is 1. The zero-order valence-corrected chi connectivity index (χ0v) is 26.4. The normalized spacial score (nSPS) is 16.5. The Morgan fingerprint density at radius 3 is 2.55 bits per heavy atom. The van der Waals surface area contributed by atoms with E-state index in [2.05, 4.69) is 16.4 Å². The molecule has 2 unspecified atom stereocenters. The third-order valence-corrected chi connectivity index (χ3v) is 7.12. The monoisotopic (exact) mass is 607 g/mol. The van der Waals surface area contributed by atoms with E-state index in [-0.39, 0.29) is 47.0 Å².